The molecule has 1 unspecified atom stereocenters. The largest absolute Gasteiger partial charge is 0.481 e. The Morgan fingerprint density at radius 1 is 1.00 bits per heavy atom. The number of ether oxygens (including phenoxy) is 1. The van der Waals surface area contributed by atoms with E-state index in [-0.39, 0.29) is 23.9 Å². The predicted molar refractivity (Wildman–Crippen MR) is 86.6 cm³/mol. The zero-order valence-electron chi connectivity index (χ0n) is 14.2. The van der Waals surface area contributed by atoms with E-state index in [0.717, 1.165) is 12.8 Å². The molecule has 0 aromatic heterocycles. The van der Waals surface area contributed by atoms with Crippen LogP contribution in [-0.4, -0.2) is 23.1 Å². The van der Waals surface area contributed by atoms with E-state index in [0.29, 0.717) is 25.7 Å². The Balaban J connectivity index is 2.12. The van der Waals surface area contributed by atoms with E-state index in [9.17, 15) is 9.59 Å². The number of hydrogen-bond acceptors (Lipinski definition) is 3. The first kappa shape index (κ1) is 19.0. The molecule has 0 aromatic carbocycles. The summed E-state index contributed by atoms with van der Waals surface area (Å²) in [6, 6.07) is 0. The van der Waals surface area contributed by atoms with Gasteiger partial charge in [0.25, 0.3) is 0 Å². The van der Waals surface area contributed by atoms with Gasteiger partial charge in [-0.25, -0.2) is 0 Å². The normalized spacial score (nSPS) is 23.0. The van der Waals surface area contributed by atoms with Gasteiger partial charge in [0.05, 0.1) is 17.9 Å². The molecule has 0 aromatic rings. The summed E-state index contributed by atoms with van der Waals surface area (Å²) in [5, 5.41) is 8.97. The molecule has 1 atom stereocenters. The Bertz CT molecular complexity index is 332. The lowest BCUT2D eigenvalue weighted by Crippen LogP contribution is -2.29. The van der Waals surface area contributed by atoms with Crippen molar-refractivity contribution in [2.45, 2.75) is 90.6 Å². The Hall–Kier alpha value is -1.06. The van der Waals surface area contributed by atoms with Crippen LogP contribution in [0.5, 0.6) is 0 Å². The summed E-state index contributed by atoms with van der Waals surface area (Å²) in [5.41, 5.74) is 0. The SMILES string of the molecule is CCCCCCCCC(C)OC(=O)C1CCC(C(=O)O)CC1. The van der Waals surface area contributed by atoms with Crippen molar-refractivity contribution < 1.29 is 19.4 Å². The van der Waals surface area contributed by atoms with Crippen molar-refractivity contribution in [3.05, 3.63) is 0 Å². The molecular formula is C18H32O4. The number of carbonyl (C=O) groups excluding carboxylic acids is 1. The van der Waals surface area contributed by atoms with E-state index >= 15 is 0 Å². The number of carboxylic acid groups (broad SMARTS) is 1. The molecule has 128 valence electrons. The van der Waals surface area contributed by atoms with Gasteiger partial charge in [0.2, 0.25) is 0 Å². The van der Waals surface area contributed by atoms with Crippen LogP contribution in [0.4, 0.5) is 0 Å². The quantitative estimate of drug-likeness (QED) is 0.474. The highest BCUT2D eigenvalue weighted by Crippen LogP contribution is 2.30. The fourth-order valence-corrected chi connectivity index (χ4v) is 3.14. The molecule has 0 aliphatic heterocycles. The van der Waals surface area contributed by atoms with Crippen LogP contribution in [0.2, 0.25) is 0 Å². The Morgan fingerprint density at radius 3 is 2.14 bits per heavy atom. The molecule has 1 aliphatic rings. The molecule has 0 bridgehead atoms. The molecular weight excluding hydrogens is 280 g/mol. The number of hydrogen-bond donors (Lipinski definition) is 1. The minimum Gasteiger partial charge on any atom is -0.481 e. The average molecular weight is 312 g/mol. The predicted octanol–water partition coefficient (Wildman–Crippen LogP) is 4.56. The summed E-state index contributed by atoms with van der Waals surface area (Å²) in [7, 11) is 0. The highest BCUT2D eigenvalue weighted by Gasteiger charge is 2.31. The first-order valence-electron chi connectivity index (χ1n) is 8.97. The summed E-state index contributed by atoms with van der Waals surface area (Å²) in [4.78, 5) is 23.0. The van der Waals surface area contributed by atoms with Crippen molar-refractivity contribution in [2.24, 2.45) is 11.8 Å². The number of esters is 1. The zero-order chi connectivity index (χ0) is 16.4. The number of unbranched alkanes of at least 4 members (excludes halogenated alkanes) is 5. The summed E-state index contributed by atoms with van der Waals surface area (Å²) in [6.45, 7) is 4.18. The van der Waals surface area contributed by atoms with Crippen LogP contribution in [0.1, 0.15) is 84.5 Å². The van der Waals surface area contributed by atoms with Gasteiger partial charge in [-0.3, -0.25) is 9.59 Å². The lowest BCUT2D eigenvalue weighted by molar-refractivity contribution is -0.156. The average Bonchev–Trinajstić information content (AvgIpc) is 2.50. The third-order valence-corrected chi connectivity index (χ3v) is 4.69. The van der Waals surface area contributed by atoms with E-state index in [4.69, 9.17) is 9.84 Å². The van der Waals surface area contributed by atoms with E-state index < -0.39 is 5.97 Å². The Labute approximate surface area is 134 Å². The molecule has 1 N–H and O–H groups in total. The van der Waals surface area contributed by atoms with Gasteiger partial charge in [0.1, 0.15) is 0 Å². The second kappa shape index (κ2) is 10.6. The topological polar surface area (TPSA) is 63.6 Å². The minimum absolute atomic E-state index is 0.0177. The highest BCUT2D eigenvalue weighted by molar-refractivity contribution is 5.74. The van der Waals surface area contributed by atoms with Gasteiger partial charge in [-0.05, 0) is 45.4 Å². The van der Waals surface area contributed by atoms with Crippen LogP contribution in [0, 0.1) is 11.8 Å². The molecule has 1 fully saturated rings. The maximum atomic E-state index is 12.1. The molecule has 4 heteroatoms. The number of rotatable bonds is 10. The van der Waals surface area contributed by atoms with E-state index in [1.807, 2.05) is 6.92 Å². The molecule has 0 radical (unpaired) electrons. The fourth-order valence-electron chi connectivity index (χ4n) is 3.14. The summed E-state index contributed by atoms with van der Waals surface area (Å²) >= 11 is 0. The lowest BCUT2D eigenvalue weighted by atomic mass is 9.82. The second-order valence-electron chi connectivity index (χ2n) is 6.69. The van der Waals surface area contributed by atoms with Crippen LogP contribution >= 0.6 is 0 Å². The van der Waals surface area contributed by atoms with Gasteiger partial charge in [-0.1, -0.05) is 39.0 Å². The molecule has 0 amide bonds. The second-order valence-corrected chi connectivity index (χ2v) is 6.69. The minimum atomic E-state index is -0.733. The van der Waals surface area contributed by atoms with Gasteiger partial charge in [-0.2, -0.15) is 0 Å². The van der Waals surface area contributed by atoms with Crippen LogP contribution in [0.25, 0.3) is 0 Å². The fraction of sp³-hybridized carbons (Fsp3) is 0.889. The maximum absolute atomic E-state index is 12.1. The zero-order valence-corrected chi connectivity index (χ0v) is 14.2. The number of carbonyl (C=O) groups is 2. The van der Waals surface area contributed by atoms with Crippen molar-refractivity contribution in [1.29, 1.82) is 0 Å². The molecule has 22 heavy (non-hydrogen) atoms. The monoisotopic (exact) mass is 312 g/mol. The van der Waals surface area contributed by atoms with E-state index in [1.54, 1.807) is 0 Å². The molecule has 1 saturated carbocycles. The summed E-state index contributed by atoms with van der Waals surface area (Å²) in [6.07, 6.45) is 10.9. The highest BCUT2D eigenvalue weighted by atomic mass is 16.5. The Kier molecular flexibility index (Phi) is 9.17. The molecule has 0 spiro atoms. The number of aliphatic carboxylic acids is 1. The third kappa shape index (κ3) is 7.28. The van der Waals surface area contributed by atoms with Crippen LogP contribution in [0.3, 0.4) is 0 Å². The van der Waals surface area contributed by atoms with Crippen LogP contribution < -0.4 is 0 Å². The van der Waals surface area contributed by atoms with E-state index in [1.165, 1.54) is 32.1 Å². The van der Waals surface area contributed by atoms with Gasteiger partial charge in [-0.15, -0.1) is 0 Å². The van der Waals surface area contributed by atoms with Crippen molar-refractivity contribution >= 4 is 11.9 Å². The first-order valence-corrected chi connectivity index (χ1v) is 8.97. The van der Waals surface area contributed by atoms with E-state index in [2.05, 4.69) is 6.92 Å². The van der Waals surface area contributed by atoms with Crippen molar-refractivity contribution in [1.82, 2.24) is 0 Å². The number of carboxylic acids is 1. The summed E-state index contributed by atoms with van der Waals surface area (Å²) < 4.78 is 5.53. The van der Waals surface area contributed by atoms with Gasteiger partial charge >= 0.3 is 11.9 Å². The molecule has 0 saturated heterocycles. The van der Waals surface area contributed by atoms with Crippen molar-refractivity contribution in [2.75, 3.05) is 0 Å². The third-order valence-electron chi connectivity index (χ3n) is 4.69. The summed E-state index contributed by atoms with van der Waals surface area (Å²) in [5.74, 6) is -1.22. The smallest absolute Gasteiger partial charge is 0.309 e. The Morgan fingerprint density at radius 2 is 1.55 bits per heavy atom. The molecule has 1 aliphatic carbocycles. The van der Waals surface area contributed by atoms with Crippen molar-refractivity contribution in [3.63, 3.8) is 0 Å². The van der Waals surface area contributed by atoms with Gasteiger partial charge in [0.15, 0.2) is 0 Å². The van der Waals surface area contributed by atoms with Gasteiger partial charge < -0.3 is 9.84 Å². The van der Waals surface area contributed by atoms with Crippen molar-refractivity contribution in [3.8, 4) is 0 Å². The van der Waals surface area contributed by atoms with Gasteiger partial charge in [0, 0.05) is 0 Å². The molecule has 1 rings (SSSR count). The lowest BCUT2D eigenvalue weighted by Gasteiger charge is -2.25. The van der Waals surface area contributed by atoms with Crippen LogP contribution in [-0.2, 0) is 14.3 Å². The maximum Gasteiger partial charge on any atom is 0.309 e. The van der Waals surface area contributed by atoms with Crippen LogP contribution in [0.15, 0.2) is 0 Å². The first-order chi connectivity index (χ1) is 10.5. The molecule has 0 heterocycles. The molecule has 4 nitrogen and oxygen atoms in total. The standard InChI is InChI=1S/C18H32O4/c1-3-4-5-6-7-8-9-14(2)22-18(21)16-12-10-15(11-13-16)17(19)20/h14-16H,3-13H2,1-2H3,(H,19,20).